The van der Waals surface area contributed by atoms with Crippen LogP contribution in [0.1, 0.15) is 19.8 Å². The van der Waals surface area contributed by atoms with Crippen molar-refractivity contribution in [3.63, 3.8) is 0 Å². The fourth-order valence-corrected chi connectivity index (χ4v) is 1.64. The number of amides is 2. The molecule has 0 saturated heterocycles. The third-order valence-corrected chi connectivity index (χ3v) is 3.29. The molecule has 2 N–H and O–H groups in total. The Morgan fingerprint density at radius 2 is 2.32 bits per heavy atom. The Morgan fingerprint density at radius 3 is 2.95 bits per heavy atom. The molecule has 2 rings (SSSR count). The average Bonchev–Trinajstić information content (AvgIpc) is 3.08. The third kappa shape index (κ3) is 4.24. The summed E-state index contributed by atoms with van der Waals surface area (Å²) in [6.07, 6.45) is 5.26. The van der Waals surface area contributed by atoms with Crippen molar-refractivity contribution in [1.29, 1.82) is 0 Å². The first-order valence-corrected chi connectivity index (χ1v) is 6.80. The number of hydrogen-bond donors (Lipinski definition) is 2. The number of alkyl halides is 1. The van der Waals surface area contributed by atoms with Crippen molar-refractivity contribution in [1.82, 2.24) is 15.1 Å². The minimum atomic E-state index is -0.261. The summed E-state index contributed by atoms with van der Waals surface area (Å²) in [5.74, 6) is -0.207. The molecule has 1 aliphatic rings. The first-order valence-electron chi connectivity index (χ1n) is 6.27. The highest BCUT2D eigenvalue weighted by Crippen LogP contribution is 2.18. The van der Waals surface area contributed by atoms with Crippen molar-refractivity contribution in [2.24, 2.45) is 5.92 Å². The number of halogens is 1. The maximum atomic E-state index is 11.6. The Kier molecular flexibility index (Phi) is 4.42. The van der Waals surface area contributed by atoms with Gasteiger partial charge in [0.25, 0.3) is 0 Å². The lowest BCUT2D eigenvalue weighted by molar-refractivity contribution is -0.122. The van der Waals surface area contributed by atoms with Gasteiger partial charge in [0.1, 0.15) is 6.54 Å². The predicted octanol–water partition coefficient (Wildman–Crippen LogP) is 0.975. The van der Waals surface area contributed by atoms with Gasteiger partial charge in [-0.3, -0.25) is 14.3 Å². The van der Waals surface area contributed by atoms with Crippen LogP contribution in [0.2, 0.25) is 0 Å². The zero-order chi connectivity index (χ0) is 13.8. The van der Waals surface area contributed by atoms with Crippen LogP contribution in [-0.4, -0.2) is 33.5 Å². The quantitative estimate of drug-likeness (QED) is 0.765. The van der Waals surface area contributed by atoms with Gasteiger partial charge in [0.15, 0.2) is 0 Å². The SMILES string of the molecule is CC(CCl)C(=O)Nc1cnn(CC(=O)NC2CC2)c1. The van der Waals surface area contributed by atoms with Gasteiger partial charge in [-0.1, -0.05) is 6.92 Å². The summed E-state index contributed by atoms with van der Waals surface area (Å²) in [6.45, 7) is 1.91. The molecule has 1 atom stereocenters. The number of nitrogens with one attached hydrogen (secondary N) is 2. The molecule has 1 saturated carbocycles. The lowest BCUT2D eigenvalue weighted by Crippen LogP contribution is -2.29. The van der Waals surface area contributed by atoms with Gasteiger partial charge in [0, 0.05) is 24.0 Å². The number of rotatable bonds is 6. The van der Waals surface area contributed by atoms with Crippen molar-refractivity contribution in [3.8, 4) is 0 Å². The highest BCUT2D eigenvalue weighted by molar-refractivity contribution is 6.19. The minimum absolute atomic E-state index is 0.0578. The van der Waals surface area contributed by atoms with Gasteiger partial charge in [-0.2, -0.15) is 5.10 Å². The van der Waals surface area contributed by atoms with E-state index in [0.717, 1.165) is 12.8 Å². The smallest absolute Gasteiger partial charge is 0.241 e. The van der Waals surface area contributed by atoms with Crippen molar-refractivity contribution in [2.45, 2.75) is 32.4 Å². The summed E-state index contributed by atoms with van der Waals surface area (Å²) in [6, 6.07) is 0.340. The number of carbonyl (C=O) groups is 2. The minimum Gasteiger partial charge on any atom is -0.352 e. The lowest BCUT2D eigenvalue weighted by Gasteiger charge is -2.06. The van der Waals surface area contributed by atoms with Gasteiger partial charge in [0.05, 0.1) is 11.9 Å². The molecule has 1 heterocycles. The molecule has 1 aliphatic carbocycles. The molecule has 7 heteroatoms. The van der Waals surface area contributed by atoms with E-state index in [2.05, 4.69) is 15.7 Å². The van der Waals surface area contributed by atoms with E-state index in [1.54, 1.807) is 13.1 Å². The van der Waals surface area contributed by atoms with Crippen molar-refractivity contribution < 1.29 is 9.59 Å². The Bertz CT molecular complexity index is 470. The molecule has 1 aromatic heterocycles. The number of hydrogen-bond acceptors (Lipinski definition) is 3. The molecular weight excluding hydrogens is 268 g/mol. The van der Waals surface area contributed by atoms with E-state index in [0.29, 0.717) is 11.7 Å². The van der Waals surface area contributed by atoms with E-state index < -0.39 is 0 Å². The van der Waals surface area contributed by atoms with Gasteiger partial charge in [-0.15, -0.1) is 11.6 Å². The molecule has 1 aromatic rings. The second kappa shape index (κ2) is 6.06. The van der Waals surface area contributed by atoms with Crippen LogP contribution >= 0.6 is 11.6 Å². The van der Waals surface area contributed by atoms with E-state index in [9.17, 15) is 9.59 Å². The molecule has 6 nitrogen and oxygen atoms in total. The van der Waals surface area contributed by atoms with Crippen LogP contribution in [0.15, 0.2) is 12.4 Å². The highest BCUT2D eigenvalue weighted by atomic mass is 35.5. The van der Waals surface area contributed by atoms with Crippen LogP contribution in [0.5, 0.6) is 0 Å². The molecule has 2 amide bonds. The van der Waals surface area contributed by atoms with E-state index >= 15 is 0 Å². The Morgan fingerprint density at radius 1 is 1.58 bits per heavy atom. The summed E-state index contributed by atoms with van der Waals surface area (Å²) < 4.78 is 1.50. The van der Waals surface area contributed by atoms with E-state index in [4.69, 9.17) is 11.6 Å². The number of anilines is 1. The first kappa shape index (κ1) is 13.9. The van der Waals surface area contributed by atoms with Crippen LogP contribution in [0.3, 0.4) is 0 Å². The van der Waals surface area contributed by atoms with Crippen molar-refractivity contribution in [3.05, 3.63) is 12.4 Å². The topological polar surface area (TPSA) is 76.0 Å². The third-order valence-electron chi connectivity index (χ3n) is 2.83. The van der Waals surface area contributed by atoms with Gasteiger partial charge >= 0.3 is 0 Å². The molecule has 0 spiro atoms. The van der Waals surface area contributed by atoms with Gasteiger partial charge < -0.3 is 10.6 Å². The molecule has 1 unspecified atom stereocenters. The van der Waals surface area contributed by atoms with Gasteiger partial charge in [-0.05, 0) is 12.8 Å². The largest absolute Gasteiger partial charge is 0.352 e. The zero-order valence-corrected chi connectivity index (χ0v) is 11.5. The fraction of sp³-hybridized carbons (Fsp3) is 0.583. The van der Waals surface area contributed by atoms with Crippen molar-refractivity contribution in [2.75, 3.05) is 11.2 Å². The first-order chi connectivity index (χ1) is 9.08. The van der Waals surface area contributed by atoms with Crippen molar-refractivity contribution >= 4 is 29.1 Å². The Labute approximate surface area is 116 Å². The average molecular weight is 285 g/mol. The van der Waals surface area contributed by atoms with Gasteiger partial charge in [0.2, 0.25) is 11.8 Å². The Hall–Kier alpha value is -1.56. The molecule has 0 bridgehead atoms. The monoisotopic (exact) mass is 284 g/mol. The summed E-state index contributed by atoms with van der Waals surface area (Å²) in [5, 5.41) is 9.61. The maximum absolute atomic E-state index is 11.6. The normalized spacial score (nSPS) is 15.9. The maximum Gasteiger partial charge on any atom is 0.241 e. The van der Waals surface area contributed by atoms with Gasteiger partial charge in [-0.25, -0.2) is 0 Å². The standard InChI is InChI=1S/C12H17ClN4O2/c1-8(4-13)12(19)16-10-5-14-17(6-10)7-11(18)15-9-2-3-9/h5-6,8-9H,2-4,7H2,1H3,(H,15,18)(H,16,19). The predicted molar refractivity (Wildman–Crippen MR) is 71.9 cm³/mol. The summed E-state index contributed by atoms with van der Waals surface area (Å²) in [4.78, 5) is 23.2. The van der Waals surface area contributed by atoms with Crippen LogP contribution in [0.25, 0.3) is 0 Å². The fourth-order valence-electron chi connectivity index (χ4n) is 1.50. The Balaban J connectivity index is 1.84. The molecule has 0 radical (unpaired) electrons. The molecule has 0 aromatic carbocycles. The number of nitrogens with zero attached hydrogens (tertiary/aromatic N) is 2. The van der Waals surface area contributed by atoms with Crippen LogP contribution in [-0.2, 0) is 16.1 Å². The van der Waals surface area contributed by atoms with E-state index in [1.807, 2.05) is 0 Å². The molecule has 0 aliphatic heterocycles. The molecule has 104 valence electrons. The molecule has 1 fully saturated rings. The zero-order valence-electron chi connectivity index (χ0n) is 10.7. The van der Waals surface area contributed by atoms with Crippen LogP contribution in [0, 0.1) is 5.92 Å². The number of aromatic nitrogens is 2. The lowest BCUT2D eigenvalue weighted by atomic mass is 10.2. The van der Waals surface area contributed by atoms with Crippen LogP contribution < -0.4 is 10.6 Å². The molecule has 19 heavy (non-hydrogen) atoms. The molecular formula is C12H17ClN4O2. The highest BCUT2D eigenvalue weighted by Gasteiger charge is 2.23. The number of carbonyl (C=O) groups excluding carboxylic acids is 2. The van der Waals surface area contributed by atoms with E-state index in [1.165, 1.54) is 10.9 Å². The summed E-state index contributed by atoms with van der Waals surface area (Å²) in [5.41, 5.74) is 0.571. The van der Waals surface area contributed by atoms with E-state index in [-0.39, 0.29) is 30.2 Å². The van der Waals surface area contributed by atoms with Crippen LogP contribution in [0.4, 0.5) is 5.69 Å². The second-order valence-corrected chi connectivity index (χ2v) is 5.12. The summed E-state index contributed by atoms with van der Waals surface area (Å²) in [7, 11) is 0. The summed E-state index contributed by atoms with van der Waals surface area (Å²) >= 11 is 5.61. The second-order valence-electron chi connectivity index (χ2n) is 4.81.